The van der Waals surface area contributed by atoms with E-state index in [1.807, 2.05) is 0 Å². The topological polar surface area (TPSA) is 87.7 Å². The third-order valence-corrected chi connectivity index (χ3v) is 2.59. The maximum atomic E-state index is 13.0. The number of carbonyl (C=O) groups excluding carboxylic acids is 1. The predicted octanol–water partition coefficient (Wildman–Crippen LogP) is 1.61. The average molecular weight is 271 g/mol. The highest BCUT2D eigenvalue weighted by Crippen LogP contribution is 2.09. The number of nitrogens with one attached hydrogen (secondary N) is 1. The fraction of sp³-hybridized carbons (Fsp3) is 0.333. The van der Waals surface area contributed by atoms with E-state index >= 15 is 0 Å². The number of amidine groups is 1. The lowest BCUT2D eigenvalue weighted by atomic mass is 10.1. The van der Waals surface area contributed by atoms with Gasteiger partial charge in [0.1, 0.15) is 5.84 Å². The minimum atomic E-state index is -1.09. The summed E-state index contributed by atoms with van der Waals surface area (Å²) in [6, 6.07) is 2.54. The summed E-state index contributed by atoms with van der Waals surface area (Å²) in [6.45, 7) is 1.81. The van der Waals surface area contributed by atoms with Crippen LogP contribution in [0, 0.1) is 11.6 Å². The monoisotopic (exact) mass is 271 g/mol. The molecule has 1 aromatic rings. The molecule has 1 aromatic carbocycles. The first-order valence-corrected chi connectivity index (χ1v) is 5.70. The van der Waals surface area contributed by atoms with Gasteiger partial charge in [0.15, 0.2) is 11.6 Å². The van der Waals surface area contributed by atoms with Crippen LogP contribution in [-0.4, -0.2) is 23.0 Å². The number of nitrogens with zero attached hydrogens (tertiary/aromatic N) is 1. The lowest BCUT2D eigenvalue weighted by Gasteiger charge is -2.16. The Labute approximate surface area is 109 Å². The van der Waals surface area contributed by atoms with E-state index in [-0.39, 0.29) is 23.9 Å². The molecule has 0 fully saturated rings. The van der Waals surface area contributed by atoms with Crippen molar-refractivity contribution >= 4 is 11.7 Å². The summed E-state index contributed by atoms with van der Waals surface area (Å²) in [7, 11) is 0. The molecule has 1 atom stereocenters. The molecule has 0 aliphatic carbocycles. The van der Waals surface area contributed by atoms with Crippen molar-refractivity contribution in [1.82, 2.24) is 5.32 Å². The zero-order valence-corrected chi connectivity index (χ0v) is 10.4. The predicted molar refractivity (Wildman–Crippen MR) is 65.9 cm³/mol. The fourth-order valence-electron chi connectivity index (χ4n) is 1.50. The molecule has 0 aliphatic rings. The van der Waals surface area contributed by atoms with E-state index in [1.165, 1.54) is 6.07 Å². The van der Waals surface area contributed by atoms with Gasteiger partial charge in [0.05, 0.1) is 0 Å². The third kappa shape index (κ3) is 4.20. The molecule has 1 amide bonds. The van der Waals surface area contributed by atoms with Gasteiger partial charge in [0.25, 0.3) is 5.91 Å². The lowest BCUT2D eigenvalue weighted by molar-refractivity contribution is 0.0936. The number of benzene rings is 1. The molecule has 1 unspecified atom stereocenters. The Bertz CT molecular complexity index is 492. The van der Waals surface area contributed by atoms with Crippen molar-refractivity contribution in [3.63, 3.8) is 0 Å². The van der Waals surface area contributed by atoms with Crippen molar-refractivity contribution in [1.29, 1.82) is 0 Å². The Hall–Kier alpha value is -2.18. The second-order valence-electron chi connectivity index (χ2n) is 4.00. The third-order valence-electron chi connectivity index (χ3n) is 2.59. The van der Waals surface area contributed by atoms with Gasteiger partial charge in [-0.15, -0.1) is 0 Å². The Morgan fingerprint density at radius 1 is 1.47 bits per heavy atom. The van der Waals surface area contributed by atoms with Gasteiger partial charge in [0, 0.05) is 18.0 Å². The molecule has 0 spiro atoms. The summed E-state index contributed by atoms with van der Waals surface area (Å²) in [5, 5.41) is 13.9. The van der Waals surface area contributed by atoms with Crippen molar-refractivity contribution in [3.05, 3.63) is 35.4 Å². The molecule has 0 aromatic heterocycles. The number of halogens is 2. The van der Waals surface area contributed by atoms with Crippen molar-refractivity contribution in [3.8, 4) is 0 Å². The van der Waals surface area contributed by atoms with Gasteiger partial charge in [0.2, 0.25) is 0 Å². The van der Waals surface area contributed by atoms with Crippen LogP contribution in [0.3, 0.4) is 0 Å². The van der Waals surface area contributed by atoms with Gasteiger partial charge in [-0.25, -0.2) is 8.78 Å². The molecular weight excluding hydrogens is 256 g/mol. The number of rotatable bonds is 5. The van der Waals surface area contributed by atoms with Crippen LogP contribution < -0.4 is 11.1 Å². The van der Waals surface area contributed by atoms with Gasteiger partial charge in [-0.2, -0.15) is 0 Å². The highest BCUT2D eigenvalue weighted by Gasteiger charge is 2.15. The van der Waals surface area contributed by atoms with Gasteiger partial charge in [-0.3, -0.25) is 4.79 Å². The second-order valence-corrected chi connectivity index (χ2v) is 4.00. The van der Waals surface area contributed by atoms with Gasteiger partial charge < -0.3 is 16.3 Å². The van der Waals surface area contributed by atoms with E-state index in [0.29, 0.717) is 6.42 Å². The molecule has 104 valence electrons. The van der Waals surface area contributed by atoms with Gasteiger partial charge in [-0.1, -0.05) is 12.1 Å². The maximum absolute atomic E-state index is 13.0. The van der Waals surface area contributed by atoms with Crippen LogP contribution in [-0.2, 0) is 0 Å². The molecule has 1 rings (SSSR count). The van der Waals surface area contributed by atoms with Crippen LogP contribution in [0.15, 0.2) is 23.4 Å². The number of hydrogen-bond donors (Lipinski definition) is 3. The summed E-state index contributed by atoms with van der Waals surface area (Å²) >= 11 is 0. The molecule has 0 saturated carbocycles. The summed E-state index contributed by atoms with van der Waals surface area (Å²) < 4.78 is 25.7. The molecule has 0 heterocycles. The maximum Gasteiger partial charge on any atom is 0.251 e. The zero-order chi connectivity index (χ0) is 14.4. The van der Waals surface area contributed by atoms with Crippen molar-refractivity contribution in [2.24, 2.45) is 10.9 Å². The van der Waals surface area contributed by atoms with E-state index in [1.54, 1.807) is 6.92 Å². The van der Waals surface area contributed by atoms with Crippen molar-refractivity contribution in [2.75, 3.05) is 0 Å². The SMILES string of the molecule is CCC(CC(N)=NO)NC(=O)c1ccc(F)c(F)c1. The molecule has 0 aliphatic heterocycles. The molecule has 0 saturated heterocycles. The lowest BCUT2D eigenvalue weighted by Crippen LogP contribution is -2.37. The normalized spacial score (nSPS) is 13.1. The van der Waals surface area contributed by atoms with E-state index in [0.717, 1.165) is 12.1 Å². The summed E-state index contributed by atoms with van der Waals surface area (Å²) in [6.07, 6.45) is 0.716. The van der Waals surface area contributed by atoms with Crippen LogP contribution in [0.25, 0.3) is 0 Å². The average Bonchev–Trinajstić information content (AvgIpc) is 2.40. The molecule has 5 nitrogen and oxygen atoms in total. The quantitative estimate of drug-likeness (QED) is 0.329. The zero-order valence-electron chi connectivity index (χ0n) is 10.4. The fourth-order valence-corrected chi connectivity index (χ4v) is 1.50. The Kier molecular flexibility index (Phi) is 5.23. The van der Waals surface area contributed by atoms with Crippen LogP contribution in [0.2, 0.25) is 0 Å². The van der Waals surface area contributed by atoms with E-state index < -0.39 is 17.5 Å². The number of hydrogen-bond acceptors (Lipinski definition) is 3. The first-order chi connectivity index (χ1) is 8.97. The molecule has 0 bridgehead atoms. The van der Waals surface area contributed by atoms with Crippen molar-refractivity contribution in [2.45, 2.75) is 25.8 Å². The second kappa shape index (κ2) is 6.67. The molecule has 0 radical (unpaired) electrons. The van der Waals surface area contributed by atoms with E-state index in [9.17, 15) is 13.6 Å². The minimum Gasteiger partial charge on any atom is -0.409 e. The van der Waals surface area contributed by atoms with Crippen LogP contribution >= 0.6 is 0 Å². The summed E-state index contributed by atoms with van der Waals surface area (Å²) in [4.78, 5) is 11.8. The smallest absolute Gasteiger partial charge is 0.251 e. The van der Waals surface area contributed by atoms with Crippen LogP contribution in [0.4, 0.5) is 8.78 Å². The Balaban J connectivity index is 2.74. The Morgan fingerprint density at radius 2 is 2.16 bits per heavy atom. The van der Waals surface area contributed by atoms with Gasteiger partial charge >= 0.3 is 0 Å². The summed E-state index contributed by atoms with van der Waals surface area (Å²) in [5.74, 6) is -2.66. The highest BCUT2D eigenvalue weighted by atomic mass is 19.2. The van der Waals surface area contributed by atoms with Crippen LogP contribution in [0.5, 0.6) is 0 Å². The highest BCUT2D eigenvalue weighted by molar-refractivity contribution is 5.94. The standard InChI is InChI=1S/C12H15F2N3O2/c1-2-8(6-11(15)17-19)16-12(18)7-3-4-9(13)10(14)5-7/h3-5,8,19H,2,6H2,1H3,(H2,15,17)(H,16,18). The number of carbonyl (C=O) groups is 1. The van der Waals surface area contributed by atoms with Crippen LogP contribution in [0.1, 0.15) is 30.1 Å². The van der Waals surface area contributed by atoms with Crippen molar-refractivity contribution < 1.29 is 18.8 Å². The molecule has 19 heavy (non-hydrogen) atoms. The first kappa shape index (κ1) is 14.9. The number of amides is 1. The Morgan fingerprint density at radius 3 is 2.68 bits per heavy atom. The molecular formula is C12H15F2N3O2. The van der Waals surface area contributed by atoms with E-state index in [4.69, 9.17) is 10.9 Å². The molecule has 4 N–H and O–H groups in total. The van der Waals surface area contributed by atoms with E-state index in [2.05, 4.69) is 10.5 Å². The van der Waals surface area contributed by atoms with Gasteiger partial charge in [-0.05, 0) is 24.6 Å². The number of oxime groups is 1. The largest absolute Gasteiger partial charge is 0.409 e. The minimum absolute atomic E-state index is 0.0110. The first-order valence-electron chi connectivity index (χ1n) is 5.70. The molecule has 7 heteroatoms. The summed E-state index contributed by atoms with van der Waals surface area (Å²) in [5.41, 5.74) is 5.36. The number of nitrogens with two attached hydrogens (primary N) is 1.